The van der Waals surface area contributed by atoms with E-state index in [2.05, 4.69) is 9.72 Å². The second-order valence-electron chi connectivity index (χ2n) is 3.15. The highest BCUT2D eigenvalue weighted by Crippen LogP contribution is 2.34. The molecule has 18 heavy (non-hydrogen) atoms. The Morgan fingerprint density at radius 1 is 1.44 bits per heavy atom. The minimum absolute atomic E-state index is 0.475. The topological polar surface area (TPSA) is 65.2 Å². The molecule has 0 atom stereocenters. The van der Waals surface area contributed by atoms with Gasteiger partial charge in [-0.3, -0.25) is 0 Å². The first-order chi connectivity index (χ1) is 8.18. The van der Waals surface area contributed by atoms with Crippen LogP contribution in [0.15, 0.2) is 6.07 Å². The molecule has 0 aliphatic heterocycles. The Morgan fingerprint density at radius 3 is 2.39 bits per heavy atom. The smallest absolute Gasteiger partial charge is 0.434 e. The van der Waals surface area contributed by atoms with Crippen molar-refractivity contribution in [2.45, 2.75) is 12.6 Å². The molecule has 1 rings (SSSR count). The molecule has 0 aliphatic carbocycles. The van der Waals surface area contributed by atoms with Gasteiger partial charge in [0, 0.05) is 0 Å². The van der Waals surface area contributed by atoms with E-state index < -0.39 is 41.2 Å². The Morgan fingerprint density at radius 2 is 2.00 bits per heavy atom. The van der Waals surface area contributed by atoms with E-state index >= 15 is 0 Å². The van der Waals surface area contributed by atoms with Crippen molar-refractivity contribution in [2.24, 2.45) is 0 Å². The molecule has 0 saturated carbocycles. The lowest BCUT2D eigenvalue weighted by atomic mass is 10.1. The summed E-state index contributed by atoms with van der Waals surface area (Å²) in [5.41, 5.74) is 0.414. The Kier molecular flexibility index (Phi) is 3.73. The molecule has 9 heteroatoms. The largest absolute Gasteiger partial charge is 0.465 e. The summed E-state index contributed by atoms with van der Waals surface area (Å²) < 4.78 is 66.6. The van der Waals surface area contributed by atoms with Gasteiger partial charge in [0.25, 0.3) is 6.43 Å². The molecule has 0 unspecified atom stereocenters. The standard InChI is InChI=1S/C9H7F5N2O2/c1-18-8(17)3-2-4(15)5(7(10)11)16-6(3)9(12,13)14/h2,7H,15H2,1H3. The van der Waals surface area contributed by atoms with Crippen LogP contribution in [-0.4, -0.2) is 18.1 Å². The van der Waals surface area contributed by atoms with Crippen molar-refractivity contribution in [3.05, 3.63) is 23.0 Å². The fraction of sp³-hybridized carbons (Fsp3) is 0.333. The summed E-state index contributed by atoms with van der Waals surface area (Å²) in [5, 5.41) is 0. The van der Waals surface area contributed by atoms with E-state index in [4.69, 9.17) is 5.73 Å². The van der Waals surface area contributed by atoms with Gasteiger partial charge in [0.2, 0.25) is 0 Å². The number of halogens is 5. The minimum Gasteiger partial charge on any atom is -0.465 e. The third-order valence-electron chi connectivity index (χ3n) is 1.96. The number of pyridine rings is 1. The molecule has 0 amide bonds. The average molecular weight is 270 g/mol. The third kappa shape index (κ3) is 2.66. The summed E-state index contributed by atoms with van der Waals surface area (Å²) in [5.74, 6) is -1.36. The van der Waals surface area contributed by atoms with Crippen LogP contribution in [0.3, 0.4) is 0 Å². The molecular formula is C9H7F5N2O2. The lowest BCUT2D eigenvalue weighted by Crippen LogP contribution is -2.19. The lowest BCUT2D eigenvalue weighted by Gasteiger charge is -2.13. The summed E-state index contributed by atoms with van der Waals surface area (Å²) in [6.07, 6.45) is -8.35. The number of carbonyl (C=O) groups is 1. The van der Waals surface area contributed by atoms with Crippen LogP contribution < -0.4 is 5.73 Å². The highest BCUT2D eigenvalue weighted by atomic mass is 19.4. The maximum absolute atomic E-state index is 12.6. The van der Waals surface area contributed by atoms with E-state index in [0.717, 1.165) is 7.11 Å². The lowest BCUT2D eigenvalue weighted by molar-refractivity contribution is -0.142. The van der Waals surface area contributed by atoms with E-state index in [1.807, 2.05) is 0 Å². The molecule has 0 aromatic carbocycles. The maximum Gasteiger partial charge on any atom is 0.434 e. The zero-order valence-corrected chi connectivity index (χ0v) is 8.89. The third-order valence-corrected chi connectivity index (χ3v) is 1.96. The van der Waals surface area contributed by atoms with Crippen LogP contribution >= 0.6 is 0 Å². The van der Waals surface area contributed by atoms with Crippen molar-refractivity contribution in [1.82, 2.24) is 4.98 Å². The van der Waals surface area contributed by atoms with Crippen LogP contribution in [0.1, 0.15) is 28.2 Å². The molecule has 0 aliphatic rings. The van der Waals surface area contributed by atoms with E-state index in [1.165, 1.54) is 0 Å². The predicted octanol–water partition coefficient (Wildman–Crippen LogP) is 2.41. The second-order valence-corrected chi connectivity index (χ2v) is 3.15. The summed E-state index contributed by atoms with van der Waals surface area (Å²) in [6.45, 7) is 0. The number of nitrogen functional groups attached to an aromatic ring is 1. The van der Waals surface area contributed by atoms with Crippen molar-refractivity contribution in [3.8, 4) is 0 Å². The van der Waals surface area contributed by atoms with Crippen molar-refractivity contribution >= 4 is 11.7 Å². The zero-order valence-electron chi connectivity index (χ0n) is 8.89. The number of carbonyl (C=O) groups excluding carboxylic acids is 1. The number of rotatable bonds is 2. The summed E-state index contributed by atoms with van der Waals surface area (Å²) in [6, 6.07) is 0.475. The van der Waals surface area contributed by atoms with Crippen LogP contribution in [0.2, 0.25) is 0 Å². The van der Waals surface area contributed by atoms with Crippen LogP contribution in [0.4, 0.5) is 27.6 Å². The molecule has 1 aromatic rings. The monoisotopic (exact) mass is 270 g/mol. The molecule has 0 saturated heterocycles. The molecular weight excluding hydrogens is 263 g/mol. The molecule has 0 spiro atoms. The number of nitrogens with two attached hydrogens (primary N) is 1. The van der Waals surface area contributed by atoms with E-state index in [0.29, 0.717) is 6.07 Å². The Balaban J connectivity index is 3.52. The van der Waals surface area contributed by atoms with Gasteiger partial charge in [-0.2, -0.15) is 13.2 Å². The number of aromatic nitrogens is 1. The van der Waals surface area contributed by atoms with Gasteiger partial charge in [-0.15, -0.1) is 0 Å². The molecule has 1 heterocycles. The molecule has 100 valence electrons. The number of methoxy groups -OCH3 is 1. The Bertz CT molecular complexity index is 473. The quantitative estimate of drug-likeness (QED) is 0.662. The van der Waals surface area contributed by atoms with Gasteiger partial charge >= 0.3 is 12.1 Å². The molecule has 1 aromatic heterocycles. The first-order valence-corrected chi connectivity index (χ1v) is 4.42. The Labute approximate surface area is 97.6 Å². The van der Waals surface area contributed by atoms with Gasteiger partial charge in [0.15, 0.2) is 5.69 Å². The fourth-order valence-electron chi connectivity index (χ4n) is 1.20. The van der Waals surface area contributed by atoms with Gasteiger partial charge in [0.05, 0.1) is 18.4 Å². The number of nitrogens with zero attached hydrogens (tertiary/aromatic N) is 1. The predicted molar refractivity (Wildman–Crippen MR) is 49.9 cm³/mol. The minimum atomic E-state index is -5.07. The van der Waals surface area contributed by atoms with Crippen molar-refractivity contribution in [1.29, 1.82) is 0 Å². The molecule has 2 N–H and O–H groups in total. The summed E-state index contributed by atoms with van der Waals surface area (Å²) >= 11 is 0. The summed E-state index contributed by atoms with van der Waals surface area (Å²) in [7, 11) is 0.847. The number of hydrogen-bond acceptors (Lipinski definition) is 4. The van der Waals surface area contributed by atoms with E-state index in [-0.39, 0.29) is 0 Å². The molecule has 0 bridgehead atoms. The van der Waals surface area contributed by atoms with Crippen molar-refractivity contribution in [3.63, 3.8) is 0 Å². The highest BCUT2D eigenvalue weighted by Gasteiger charge is 2.39. The average Bonchev–Trinajstić information content (AvgIpc) is 2.25. The van der Waals surface area contributed by atoms with Crippen LogP contribution in [0, 0.1) is 0 Å². The van der Waals surface area contributed by atoms with Gasteiger partial charge in [0.1, 0.15) is 5.69 Å². The summed E-state index contributed by atoms with van der Waals surface area (Å²) in [4.78, 5) is 13.8. The maximum atomic E-state index is 12.6. The second kappa shape index (κ2) is 4.75. The number of alkyl halides is 5. The van der Waals surface area contributed by atoms with Crippen LogP contribution in [0.5, 0.6) is 0 Å². The van der Waals surface area contributed by atoms with Crippen LogP contribution in [0.25, 0.3) is 0 Å². The SMILES string of the molecule is COC(=O)c1cc(N)c(C(F)F)nc1C(F)(F)F. The fourth-order valence-corrected chi connectivity index (χ4v) is 1.20. The van der Waals surface area contributed by atoms with Crippen molar-refractivity contribution < 1.29 is 31.5 Å². The highest BCUT2D eigenvalue weighted by molar-refractivity contribution is 5.91. The molecule has 0 radical (unpaired) electrons. The molecule has 0 fully saturated rings. The van der Waals surface area contributed by atoms with Crippen molar-refractivity contribution in [2.75, 3.05) is 12.8 Å². The van der Waals surface area contributed by atoms with Gasteiger partial charge in [-0.1, -0.05) is 0 Å². The number of hydrogen-bond donors (Lipinski definition) is 1. The van der Waals surface area contributed by atoms with E-state index in [1.54, 1.807) is 0 Å². The number of esters is 1. The normalized spacial score (nSPS) is 11.7. The zero-order chi connectivity index (χ0) is 14.1. The van der Waals surface area contributed by atoms with E-state index in [9.17, 15) is 26.7 Å². The Hall–Kier alpha value is -1.93. The van der Waals surface area contributed by atoms with Gasteiger partial charge < -0.3 is 10.5 Å². The number of ether oxygens (including phenoxy) is 1. The number of anilines is 1. The van der Waals surface area contributed by atoms with Gasteiger partial charge in [-0.05, 0) is 6.07 Å². The first kappa shape index (κ1) is 14.1. The molecule has 4 nitrogen and oxygen atoms in total. The van der Waals surface area contributed by atoms with Gasteiger partial charge in [-0.25, -0.2) is 18.6 Å². The first-order valence-electron chi connectivity index (χ1n) is 4.42. The van der Waals surface area contributed by atoms with Crippen LogP contribution in [-0.2, 0) is 10.9 Å².